The molecule has 1 aliphatic heterocycles. The van der Waals surface area contributed by atoms with E-state index in [1.165, 1.54) is 27.6 Å². The largest absolute Gasteiger partial charge is 0.471 e. The zero-order chi connectivity index (χ0) is 39.7. The van der Waals surface area contributed by atoms with Crippen LogP contribution in [0.15, 0.2) is 71.9 Å². The summed E-state index contributed by atoms with van der Waals surface area (Å²) < 4.78 is 12.1. The summed E-state index contributed by atoms with van der Waals surface area (Å²) in [5.41, 5.74) is 3.60. The summed E-state index contributed by atoms with van der Waals surface area (Å²) in [7, 11) is 0. The molecule has 5 atom stereocenters. The van der Waals surface area contributed by atoms with Crippen molar-refractivity contribution in [1.29, 1.82) is 0 Å². The molecule has 0 radical (unpaired) electrons. The predicted octanol–water partition coefficient (Wildman–Crippen LogP) is 5.23. The van der Waals surface area contributed by atoms with E-state index in [-0.39, 0.29) is 25.3 Å². The van der Waals surface area contributed by atoms with Crippen molar-refractivity contribution in [2.45, 2.75) is 83.7 Å². The first kappa shape index (κ1) is 39.3. The van der Waals surface area contributed by atoms with Crippen LogP contribution in [-0.4, -0.2) is 80.5 Å². The van der Waals surface area contributed by atoms with Crippen molar-refractivity contribution in [1.82, 2.24) is 36.4 Å². The number of carbonyl (C=O) groups excluding carboxylic acids is 5. The number of alkyl carbamates (subject to hydrolysis) is 1. The molecule has 3 aromatic heterocycles. The lowest BCUT2D eigenvalue weighted by Crippen LogP contribution is -2.61. The first-order valence-corrected chi connectivity index (χ1v) is 19.6. The summed E-state index contributed by atoms with van der Waals surface area (Å²) in [5, 5.41) is 9.28. The highest BCUT2D eigenvalue weighted by molar-refractivity contribution is 7.13. The molecule has 0 spiro atoms. The van der Waals surface area contributed by atoms with Gasteiger partial charge in [-0.05, 0) is 67.6 Å². The van der Waals surface area contributed by atoms with Crippen LogP contribution in [0.1, 0.15) is 64.1 Å². The molecule has 4 N–H and O–H groups in total. The Hall–Kier alpha value is -5.35. The van der Waals surface area contributed by atoms with Crippen molar-refractivity contribution in [3.05, 3.63) is 76.8 Å². The van der Waals surface area contributed by atoms with Crippen LogP contribution in [-0.2, 0) is 19.1 Å². The third-order valence-electron chi connectivity index (χ3n) is 9.28. The number of amides is 5. The predicted molar refractivity (Wildman–Crippen MR) is 209 cm³/mol. The average molecular weight is 788 g/mol. The second kappa shape index (κ2) is 15.4. The molecule has 2 fully saturated rings. The van der Waals surface area contributed by atoms with Crippen LogP contribution in [0.2, 0.25) is 0 Å². The number of thiophene rings is 2. The zero-order valence-electron chi connectivity index (χ0n) is 31.5. The van der Waals surface area contributed by atoms with E-state index in [0.29, 0.717) is 21.6 Å². The number of hydrazine groups is 1. The Morgan fingerprint density at radius 3 is 2.24 bits per heavy atom. The number of aromatic nitrogens is 2. The van der Waals surface area contributed by atoms with Gasteiger partial charge >= 0.3 is 6.09 Å². The summed E-state index contributed by atoms with van der Waals surface area (Å²) in [6.07, 6.45) is 0.304. The monoisotopic (exact) mass is 787 g/mol. The number of likely N-dealkylation sites (tertiary alicyclic amines) is 1. The molecule has 0 unspecified atom stereocenters. The SMILES string of the molecule is C=C[C@@H]1C[C@@]1(NC(=O)[C@@H]1C[C@@H](Oc2nc3ccccc3nc2-c2cccs2)CN1C(=O)[C@@H](NC(=O)OC(C)(C)C)C(C)(C)C)C(=O)NNC(=O)c1cccs1. The summed E-state index contributed by atoms with van der Waals surface area (Å²) in [6.45, 7) is 14.3. The van der Waals surface area contributed by atoms with Gasteiger partial charge in [0.25, 0.3) is 11.8 Å². The van der Waals surface area contributed by atoms with Gasteiger partial charge in [-0.2, -0.15) is 0 Å². The maximum atomic E-state index is 14.6. The fraction of sp³-hybridized carbons (Fsp3) is 0.410. The van der Waals surface area contributed by atoms with E-state index in [1.807, 2.05) is 41.8 Å². The Morgan fingerprint density at radius 1 is 0.945 bits per heavy atom. The number of fused-ring (bicyclic) bond motifs is 1. The third-order valence-corrected chi connectivity index (χ3v) is 11.0. The van der Waals surface area contributed by atoms with Crippen LogP contribution in [0, 0.1) is 11.3 Å². The van der Waals surface area contributed by atoms with Gasteiger partial charge in [-0.1, -0.05) is 51.1 Å². The fourth-order valence-electron chi connectivity index (χ4n) is 6.44. The van der Waals surface area contributed by atoms with Crippen molar-refractivity contribution in [2.24, 2.45) is 11.3 Å². The van der Waals surface area contributed by atoms with E-state index in [2.05, 4.69) is 28.1 Å². The molecule has 1 saturated heterocycles. The van der Waals surface area contributed by atoms with Crippen LogP contribution in [0.5, 0.6) is 5.88 Å². The van der Waals surface area contributed by atoms with Crippen LogP contribution in [0.4, 0.5) is 4.79 Å². The Labute approximate surface area is 327 Å². The first-order valence-electron chi connectivity index (χ1n) is 17.9. The normalized spacial score (nSPS) is 21.3. The molecule has 16 heteroatoms. The summed E-state index contributed by atoms with van der Waals surface area (Å²) in [6, 6.07) is 12.3. The minimum atomic E-state index is -1.43. The Balaban J connectivity index is 1.30. The molecule has 1 saturated carbocycles. The van der Waals surface area contributed by atoms with Gasteiger partial charge < -0.3 is 25.0 Å². The minimum Gasteiger partial charge on any atom is -0.471 e. The summed E-state index contributed by atoms with van der Waals surface area (Å²) in [5.74, 6) is -2.49. The molecule has 1 aromatic carbocycles. The molecule has 2 aliphatic rings. The van der Waals surface area contributed by atoms with Gasteiger partial charge in [-0.15, -0.1) is 29.3 Å². The smallest absolute Gasteiger partial charge is 0.408 e. The Morgan fingerprint density at radius 2 is 1.64 bits per heavy atom. The maximum Gasteiger partial charge on any atom is 0.408 e. The molecule has 1 aliphatic carbocycles. The lowest BCUT2D eigenvalue weighted by molar-refractivity contribution is -0.143. The second-order valence-corrected chi connectivity index (χ2v) is 17.6. The maximum absolute atomic E-state index is 14.6. The Kier molecular flexibility index (Phi) is 11.0. The molecule has 0 bridgehead atoms. The van der Waals surface area contributed by atoms with Crippen molar-refractivity contribution in [3.63, 3.8) is 0 Å². The van der Waals surface area contributed by atoms with Gasteiger partial charge in [-0.25, -0.2) is 14.8 Å². The quantitative estimate of drug-likeness (QED) is 0.124. The molecule has 290 valence electrons. The highest BCUT2D eigenvalue weighted by Gasteiger charge is 2.61. The van der Waals surface area contributed by atoms with E-state index < -0.39 is 70.4 Å². The number of ether oxygens (including phenoxy) is 2. The first-order chi connectivity index (χ1) is 26.0. The second-order valence-electron chi connectivity index (χ2n) is 15.7. The van der Waals surface area contributed by atoms with Crippen LogP contribution in [0.25, 0.3) is 21.6 Å². The number of rotatable bonds is 10. The van der Waals surface area contributed by atoms with E-state index in [4.69, 9.17) is 19.4 Å². The van der Waals surface area contributed by atoms with Crippen molar-refractivity contribution in [3.8, 4) is 16.5 Å². The van der Waals surface area contributed by atoms with Gasteiger partial charge in [0.05, 0.1) is 27.3 Å². The number of hydrogen-bond donors (Lipinski definition) is 4. The summed E-state index contributed by atoms with van der Waals surface area (Å²) >= 11 is 2.68. The van der Waals surface area contributed by atoms with Gasteiger partial charge in [0.1, 0.15) is 35.0 Å². The molecule has 4 heterocycles. The van der Waals surface area contributed by atoms with Gasteiger partial charge in [-0.3, -0.25) is 30.0 Å². The summed E-state index contributed by atoms with van der Waals surface area (Å²) in [4.78, 5) is 80.5. The fourth-order valence-corrected chi connectivity index (χ4v) is 7.77. The van der Waals surface area contributed by atoms with Crippen LogP contribution in [0.3, 0.4) is 0 Å². The Bertz CT molecular complexity index is 2090. The molecule has 5 amide bonds. The number of nitrogens with one attached hydrogen (secondary N) is 4. The van der Waals surface area contributed by atoms with E-state index >= 15 is 0 Å². The standard InChI is InChI=1S/C39H45N7O7S2/c1-8-22-20-39(22,35(50)45-44-32(48)28-16-12-18-55-28)43-31(47)26-19-23(21-46(26)34(49)30(37(2,3)4)42-36(51)53-38(5,6)7)52-33-29(27-15-11-17-54-27)40-24-13-9-10-14-25(24)41-33/h8-18,22-23,26,30H,1,19-21H2,2-7H3,(H,42,51)(H,43,47)(H,44,48)(H,45,50)/t22-,23-,26+,30-,39+/m1/s1. The highest BCUT2D eigenvalue weighted by Crippen LogP contribution is 2.45. The molecule has 4 aromatic rings. The minimum absolute atomic E-state index is 0.0326. The van der Waals surface area contributed by atoms with E-state index in [1.54, 1.807) is 65.1 Å². The van der Waals surface area contributed by atoms with Crippen molar-refractivity contribution < 1.29 is 33.4 Å². The van der Waals surface area contributed by atoms with Crippen molar-refractivity contribution in [2.75, 3.05) is 6.54 Å². The molecular formula is C39H45N7O7S2. The van der Waals surface area contributed by atoms with Gasteiger partial charge in [0, 0.05) is 12.3 Å². The van der Waals surface area contributed by atoms with Gasteiger partial charge in [0.2, 0.25) is 17.7 Å². The lowest BCUT2D eigenvalue weighted by Gasteiger charge is -2.36. The third kappa shape index (κ3) is 8.81. The number of hydrogen-bond acceptors (Lipinski definition) is 11. The van der Waals surface area contributed by atoms with E-state index in [0.717, 1.165) is 4.88 Å². The molecule has 6 rings (SSSR count). The van der Waals surface area contributed by atoms with Crippen LogP contribution < -0.4 is 26.2 Å². The number of nitrogens with zero attached hydrogens (tertiary/aromatic N) is 3. The zero-order valence-corrected chi connectivity index (χ0v) is 33.1. The number of benzene rings is 1. The number of carbonyl (C=O) groups is 5. The molecular weight excluding hydrogens is 743 g/mol. The lowest BCUT2D eigenvalue weighted by atomic mass is 9.85. The average Bonchev–Trinajstić information content (AvgIpc) is 3.64. The molecule has 55 heavy (non-hydrogen) atoms. The number of para-hydroxylation sites is 2. The van der Waals surface area contributed by atoms with E-state index in [9.17, 15) is 24.0 Å². The van der Waals surface area contributed by atoms with Crippen LogP contribution >= 0.6 is 22.7 Å². The molecule has 14 nitrogen and oxygen atoms in total. The highest BCUT2D eigenvalue weighted by atomic mass is 32.1. The van der Waals surface area contributed by atoms with Gasteiger partial charge in [0.15, 0.2) is 0 Å². The topological polar surface area (TPSA) is 181 Å². The van der Waals surface area contributed by atoms with Crippen molar-refractivity contribution >= 4 is 63.4 Å².